The summed E-state index contributed by atoms with van der Waals surface area (Å²) in [5, 5.41) is 10.2. The Morgan fingerprint density at radius 3 is 2.41 bits per heavy atom. The van der Waals surface area contributed by atoms with Crippen molar-refractivity contribution in [2.45, 2.75) is 27.2 Å². The smallest absolute Gasteiger partial charge is 0.323 e. The molecule has 22 heavy (non-hydrogen) atoms. The van der Waals surface area contributed by atoms with E-state index in [1.165, 1.54) is 22.3 Å². The quantitative estimate of drug-likeness (QED) is 0.675. The molecule has 2 aromatic rings. The molecule has 1 heterocycles. The molecule has 2 rings (SSSR count). The first-order chi connectivity index (χ1) is 10.4. The molecule has 0 aliphatic heterocycles. The Kier molecular flexibility index (Phi) is 4.86. The van der Waals surface area contributed by atoms with Gasteiger partial charge in [0, 0.05) is 0 Å². The van der Waals surface area contributed by atoms with Crippen LogP contribution in [0, 0.1) is 20.8 Å². The summed E-state index contributed by atoms with van der Waals surface area (Å²) in [6.45, 7) is 6.43. The number of benzene rings is 1. The van der Waals surface area contributed by atoms with Crippen molar-refractivity contribution >= 4 is 11.8 Å². The minimum atomic E-state index is 0.302. The van der Waals surface area contributed by atoms with Crippen LogP contribution in [0.15, 0.2) is 36.7 Å². The Balaban J connectivity index is 2.09. The predicted molar refractivity (Wildman–Crippen MR) is 91.5 cm³/mol. The first-order valence-corrected chi connectivity index (χ1v) is 7.55. The second kappa shape index (κ2) is 6.65. The van der Waals surface area contributed by atoms with Crippen LogP contribution in [-0.4, -0.2) is 9.67 Å². The van der Waals surface area contributed by atoms with Gasteiger partial charge in [0.1, 0.15) is 12.4 Å². The van der Waals surface area contributed by atoms with Crippen LogP contribution in [0.4, 0.5) is 0 Å². The summed E-state index contributed by atoms with van der Waals surface area (Å²) in [5.41, 5.74) is 5.19. The normalized spacial score (nSPS) is 12.3. The fourth-order valence-electron chi connectivity index (χ4n) is 2.59. The van der Waals surface area contributed by atoms with Gasteiger partial charge in [-0.3, -0.25) is 0 Å². The lowest BCUT2D eigenvalue weighted by molar-refractivity contribution is -0.674. The van der Waals surface area contributed by atoms with Crippen molar-refractivity contribution in [3.05, 3.63) is 64.8 Å². The predicted octanol–water partition coefficient (Wildman–Crippen LogP) is 3.78. The van der Waals surface area contributed by atoms with Crippen LogP contribution in [-0.2, 0) is 14.1 Å². The van der Waals surface area contributed by atoms with Crippen molar-refractivity contribution in [1.29, 1.82) is 0 Å². The van der Waals surface area contributed by atoms with Crippen molar-refractivity contribution in [2.75, 3.05) is 0 Å². The van der Waals surface area contributed by atoms with Crippen LogP contribution < -0.4 is 4.57 Å². The summed E-state index contributed by atoms with van der Waals surface area (Å²) < 4.78 is 3.81. The highest BCUT2D eigenvalue weighted by molar-refractivity contribution is 5.55. The van der Waals surface area contributed by atoms with Gasteiger partial charge in [0.15, 0.2) is 0 Å². The highest BCUT2D eigenvalue weighted by atomic mass is 16.3. The third kappa shape index (κ3) is 3.48. The maximum Gasteiger partial charge on any atom is 0.323 e. The number of rotatable bonds is 4. The topological polar surface area (TPSA) is 29.0 Å². The van der Waals surface area contributed by atoms with Gasteiger partial charge in [-0.05, 0) is 55.5 Å². The summed E-state index contributed by atoms with van der Waals surface area (Å²) in [5.74, 6) is 1.10. The Labute approximate surface area is 132 Å². The minimum absolute atomic E-state index is 0.302. The Morgan fingerprint density at radius 1 is 1.23 bits per heavy atom. The molecule has 0 saturated heterocycles. The van der Waals surface area contributed by atoms with Crippen molar-refractivity contribution < 1.29 is 9.67 Å². The average Bonchev–Trinajstić information content (AvgIpc) is 2.80. The third-order valence-corrected chi connectivity index (χ3v) is 4.12. The fourth-order valence-corrected chi connectivity index (χ4v) is 2.59. The van der Waals surface area contributed by atoms with Gasteiger partial charge in [0.25, 0.3) is 0 Å². The highest BCUT2D eigenvalue weighted by Gasteiger charge is 2.15. The molecule has 0 fully saturated rings. The van der Waals surface area contributed by atoms with E-state index in [9.17, 15) is 5.11 Å². The SMILES string of the molecule is Cc1cc(/C=C/C/C=C(\O)c2n(C)cc[n+]2C)cc(C)c1C. The number of aliphatic hydroxyl groups excluding tert-OH is 1. The summed E-state index contributed by atoms with van der Waals surface area (Å²) in [6.07, 6.45) is 10.6. The molecule has 0 atom stereocenters. The summed E-state index contributed by atoms with van der Waals surface area (Å²) in [7, 11) is 3.85. The number of aromatic nitrogens is 2. The van der Waals surface area contributed by atoms with Crippen molar-refractivity contribution in [3.8, 4) is 0 Å². The molecule has 1 aromatic heterocycles. The highest BCUT2D eigenvalue weighted by Crippen LogP contribution is 2.17. The van der Waals surface area contributed by atoms with Gasteiger partial charge < -0.3 is 5.11 Å². The summed E-state index contributed by atoms with van der Waals surface area (Å²) in [4.78, 5) is 0. The van der Waals surface area contributed by atoms with Crippen molar-refractivity contribution in [1.82, 2.24) is 4.57 Å². The molecule has 3 heteroatoms. The number of aryl methyl sites for hydroxylation is 4. The molecular weight excluding hydrogens is 272 g/mol. The van der Waals surface area contributed by atoms with Crippen molar-refractivity contribution in [3.63, 3.8) is 0 Å². The number of hydrogen-bond donors (Lipinski definition) is 1. The maximum atomic E-state index is 10.2. The van der Waals surface area contributed by atoms with E-state index in [4.69, 9.17) is 0 Å². The van der Waals surface area contributed by atoms with Gasteiger partial charge in [0.2, 0.25) is 5.76 Å². The van der Waals surface area contributed by atoms with Crippen LogP contribution in [0.5, 0.6) is 0 Å². The number of aliphatic hydroxyl groups is 1. The number of hydrogen-bond acceptors (Lipinski definition) is 1. The standard InChI is InChI=1S/C19H24N2O/c1-14-12-17(13-15(2)16(14)3)8-6-7-9-18(22)19-20(4)10-11-21(19)5/h6,8-13H,7H2,1-5H3/p+1/b8-6+,18-9-. The molecule has 0 radical (unpaired) electrons. The Bertz CT molecular complexity index is 693. The Morgan fingerprint density at radius 2 is 1.86 bits per heavy atom. The number of imidazole rings is 1. The molecule has 0 bridgehead atoms. The third-order valence-electron chi connectivity index (χ3n) is 4.12. The number of allylic oxidation sites excluding steroid dienone is 2. The fraction of sp³-hybridized carbons (Fsp3) is 0.316. The van der Waals surface area contributed by atoms with Crippen molar-refractivity contribution in [2.24, 2.45) is 14.1 Å². The lowest BCUT2D eigenvalue weighted by Gasteiger charge is -2.05. The largest absolute Gasteiger partial charge is 0.501 e. The molecule has 0 unspecified atom stereocenters. The zero-order valence-corrected chi connectivity index (χ0v) is 14.1. The van der Waals surface area contributed by atoms with E-state index in [0.29, 0.717) is 12.2 Å². The van der Waals surface area contributed by atoms with E-state index in [1.807, 2.05) is 41.7 Å². The van der Waals surface area contributed by atoms with Crippen LogP contribution in [0.2, 0.25) is 0 Å². The minimum Gasteiger partial charge on any atom is -0.501 e. The van der Waals surface area contributed by atoms with E-state index >= 15 is 0 Å². The monoisotopic (exact) mass is 297 g/mol. The first-order valence-electron chi connectivity index (χ1n) is 7.55. The zero-order valence-electron chi connectivity index (χ0n) is 14.1. The molecule has 0 aliphatic rings. The molecule has 0 spiro atoms. The van der Waals surface area contributed by atoms with Crippen LogP contribution in [0.1, 0.15) is 34.5 Å². The molecule has 3 nitrogen and oxygen atoms in total. The van der Waals surface area contributed by atoms with E-state index in [0.717, 1.165) is 5.82 Å². The lowest BCUT2D eigenvalue weighted by atomic mass is 10.0. The van der Waals surface area contributed by atoms with Gasteiger partial charge in [-0.15, -0.1) is 0 Å². The molecule has 1 aromatic carbocycles. The van der Waals surface area contributed by atoms with E-state index in [2.05, 4.69) is 45.1 Å². The summed E-state index contributed by atoms with van der Waals surface area (Å²) >= 11 is 0. The van der Waals surface area contributed by atoms with E-state index in [-0.39, 0.29) is 0 Å². The molecular formula is C19H25N2O+. The van der Waals surface area contributed by atoms with Crippen LogP contribution in [0.25, 0.3) is 11.8 Å². The lowest BCUT2D eigenvalue weighted by Crippen LogP contribution is -2.31. The van der Waals surface area contributed by atoms with Gasteiger partial charge in [0.05, 0.1) is 14.1 Å². The van der Waals surface area contributed by atoms with E-state index < -0.39 is 0 Å². The summed E-state index contributed by atoms with van der Waals surface area (Å²) in [6, 6.07) is 4.39. The maximum absolute atomic E-state index is 10.2. The molecule has 1 N–H and O–H groups in total. The second-order valence-corrected chi connectivity index (χ2v) is 5.85. The zero-order chi connectivity index (χ0) is 16.3. The number of nitrogens with zero attached hydrogens (tertiary/aromatic N) is 2. The van der Waals surface area contributed by atoms with Crippen LogP contribution >= 0.6 is 0 Å². The molecule has 0 aliphatic carbocycles. The Hall–Kier alpha value is -2.29. The van der Waals surface area contributed by atoms with E-state index in [1.54, 1.807) is 0 Å². The molecule has 116 valence electrons. The average molecular weight is 297 g/mol. The van der Waals surface area contributed by atoms with Gasteiger partial charge >= 0.3 is 5.82 Å². The molecule has 0 amide bonds. The second-order valence-electron chi connectivity index (χ2n) is 5.85. The first kappa shape index (κ1) is 16.1. The van der Waals surface area contributed by atoms with Crippen LogP contribution in [0.3, 0.4) is 0 Å². The van der Waals surface area contributed by atoms with Gasteiger partial charge in [-0.2, -0.15) is 0 Å². The van der Waals surface area contributed by atoms with Gasteiger partial charge in [-0.25, -0.2) is 9.13 Å². The molecule has 0 saturated carbocycles. The van der Waals surface area contributed by atoms with Gasteiger partial charge in [-0.1, -0.05) is 24.3 Å².